The highest BCUT2D eigenvalue weighted by Crippen LogP contribution is 2.31. The monoisotopic (exact) mass is 198 g/mol. The van der Waals surface area contributed by atoms with Gasteiger partial charge in [-0.3, -0.25) is 0 Å². The van der Waals surface area contributed by atoms with Gasteiger partial charge in [-0.1, -0.05) is 20.8 Å². The fourth-order valence-electron chi connectivity index (χ4n) is 1.78. The van der Waals surface area contributed by atoms with E-state index in [-0.39, 0.29) is 5.54 Å². The van der Waals surface area contributed by atoms with Crippen LogP contribution in [0.5, 0.6) is 0 Å². The van der Waals surface area contributed by atoms with Gasteiger partial charge in [0.05, 0.1) is 0 Å². The van der Waals surface area contributed by atoms with E-state index in [1.165, 1.54) is 19.3 Å². The largest absolute Gasteiger partial charge is 0.325 e. The average Bonchev–Trinajstić information content (AvgIpc) is 2.09. The molecule has 14 heavy (non-hydrogen) atoms. The van der Waals surface area contributed by atoms with Gasteiger partial charge in [-0.15, -0.1) is 0 Å². The Hall–Kier alpha value is -0.0800. The third-order valence-corrected chi connectivity index (χ3v) is 3.75. The quantitative estimate of drug-likeness (QED) is 0.642. The lowest BCUT2D eigenvalue weighted by atomic mass is 9.75. The summed E-state index contributed by atoms with van der Waals surface area (Å²) in [6.45, 7) is 9.09. The summed E-state index contributed by atoms with van der Waals surface area (Å²) in [5.41, 5.74) is 6.33. The Morgan fingerprint density at radius 3 is 2.36 bits per heavy atom. The number of nitrogens with two attached hydrogens (primary N) is 1. The summed E-state index contributed by atoms with van der Waals surface area (Å²) < 4.78 is 0. The van der Waals surface area contributed by atoms with Crippen molar-refractivity contribution in [2.75, 3.05) is 13.1 Å². The molecule has 0 saturated heterocycles. The van der Waals surface area contributed by atoms with E-state index >= 15 is 0 Å². The summed E-state index contributed by atoms with van der Waals surface area (Å²) in [5.74, 6) is 1.54. The van der Waals surface area contributed by atoms with E-state index < -0.39 is 0 Å². The molecule has 0 bridgehead atoms. The Bertz CT molecular complexity index is 162. The predicted molar refractivity (Wildman–Crippen MR) is 62.3 cm³/mol. The summed E-state index contributed by atoms with van der Waals surface area (Å²) in [6, 6.07) is 0. The molecule has 1 saturated carbocycles. The lowest BCUT2D eigenvalue weighted by Gasteiger charge is -2.38. The molecule has 1 aliphatic rings. The van der Waals surface area contributed by atoms with Crippen molar-refractivity contribution in [2.24, 2.45) is 17.6 Å². The lowest BCUT2D eigenvalue weighted by molar-refractivity contribution is 0.227. The Balaban J connectivity index is 1.99. The number of hydrogen-bond acceptors (Lipinski definition) is 2. The molecule has 0 heterocycles. The fraction of sp³-hybridized carbons (Fsp3) is 1.00. The standard InChI is InChI=1S/C12H26N2/c1-10(2)11(3)9-14-8-7-12(13)5-4-6-12/h10-11,14H,4-9,13H2,1-3H3. The second-order valence-electron chi connectivity index (χ2n) is 5.39. The lowest BCUT2D eigenvalue weighted by Crippen LogP contribution is -2.48. The van der Waals surface area contributed by atoms with E-state index in [1.807, 2.05) is 0 Å². The molecule has 3 N–H and O–H groups in total. The highest BCUT2D eigenvalue weighted by atomic mass is 14.9. The summed E-state index contributed by atoms with van der Waals surface area (Å²) in [4.78, 5) is 0. The van der Waals surface area contributed by atoms with Gasteiger partial charge in [-0.2, -0.15) is 0 Å². The zero-order valence-corrected chi connectivity index (χ0v) is 9.97. The van der Waals surface area contributed by atoms with E-state index in [4.69, 9.17) is 5.73 Å². The molecule has 2 heteroatoms. The third-order valence-electron chi connectivity index (χ3n) is 3.75. The van der Waals surface area contributed by atoms with Crippen LogP contribution in [0.3, 0.4) is 0 Å². The van der Waals surface area contributed by atoms with E-state index in [1.54, 1.807) is 0 Å². The third kappa shape index (κ3) is 3.58. The Kier molecular flexibility index (Phi) is 4.39. The minimum absolute atomic E-state index is 0.189. The van der Waals surface area contributed by atoms with Gasteiger partial charge in [0.25, 0.3) is 0 Å². The molecule has 0 radical (unpaired) electrons. The molecular formula is C12H26N2. The van der Waals surface area contributed by atoms with Crippen molar-refractivity contribution < 1.29 is 0 Å². The first-order chi connectivity index (χ1) is 6.53. The SMILES string of the molecule is CC(C)C(C)CNCCC1(N)CCC1. The first-order valence-electron chi connectivity index (χ1n) is 6.03. The summed E-state index contributed by atoms with van der Waals surface area (Å²) in [5, 5.41) is 3.51. The molecule has 0 spiro atoms. The molecule has 1 aliphatic carbocycles. The van der Waals surface area contributed by atoms with Crippen LogP contribution in [0.4, 0.5) is 0 Å². The Morgan fingerprint density at radius 1 is 1.29 bits per heavy atom. The molecule has 84 valence electrons. The van der Waals surface area contributed by atoms with Crippen molar-refractivity contribution in [3.8, 4) is 0 Å². The molecular weight excluding hydrogens is 172 g/mol. The van der Waals surface area contributed by atoms with Gasteiger partial charge >= 0.3 is 0 Å². The topological polar surface area (TPSA) is 38.0 Å². The minimum atomic E-state index is 0.189. The van der Waals surface area contributed by atoms with E-state index in [9.17, 15) is 0 Å². The fourth-order valence-corrected chi connectivity index (χ4v) is 1.78. The van der Waals surface area contributed by atoms with E-state index in [0.29, 0.717) is 0 Å². The van der Waals surface area contributed by atoms with Crippen molar-refractivity contribution in [1.82, 2.24) is 5.32 Å². The van der Waals surface area contributed by atoms with Gasteiger partial charge < -0.3 is 11.1 Å². The first-order valence-corrected chi connectivity index (χ1v) is 6.03. The minimum Gasteiger partial charge on any atom is -0.325 e. The van der Waals surface area contributed by atoms with Crippen LogP contribution >= 0.6 is 0 Å². The van der Waals surface area contributed by atoms with Crippen molar-refractivity contribution >= 4 is 0 Å². The van der Waals surface area contributed by atoms with Crippen LogP contribution in [-0.2, 0) is 0 Å². The maximum absolute atomic E-state index is 6.14. The molecule has 0 aromatic carbocycles. The summed E-state index contributed by atoms with van der Waals surface area (Å²) in [6.07, 6.45) is 4.94. The molecule has 0 aromatic heterocycles. The van der Waals surface area contributed by atoms with Crippen molar-refractivity contribution in [3.05, 3.63) is 0 Å². The molecule has 0 aromatic rings. The average molecular weight is 198 g/mol. The van der Waals surface area contributed by atoms with Crippen LogP contribution in [0.1, 0.15) is 46.5 Å². The molecule has 2 nitrogen and oxygen atoms in total. The van der Waals surface area contributed by atoms with Gasteiger partial charge in [0, 0.05) is 5.54 Å². The maximum atomic E-state index is 6.14. The molecule has 1 atom stereocenters. The number of nitrogens with one attached hydrogen (secondary N) is 1. The summed E-state index contributed by atoms with van der Waals surface area (Å²) >= 11 is 0. The van der Waals surface area contributed by atoms with E-state index in [2.05, 4.69) is 26.1 Å². The molecule has 0 aliphatic heterocycles. The van der Waals surface area contributed by atoms with Crippen LogP contribution in [0, 0.1) is 11.8 Å². The van der Waals surface area contributed by atoms with Gasteiger partial charge in [0.1, 0.15) is 0 Å². The van der Waals surface area contributed by atoms with Crippen molar-refractivity contribution in [1.29, 1.82) is 0 Å². The smallest absolute Gasteiger partial charge is 0.0166 e. The van der Waals surface area contributed by atoms with E-state index in [0.717, 1.165) is 31.3 Å². The normalized spacial score (nSPS) is 22.1. The first kappa shape index (κ1) is 12.0. The van der Waals surface area contributed by atoms with Gasteiger partial charge in [0.15, 0.2) is 0 Å². The van der Waals surface area contributed by atoms with Gasteiger partial charge in [-0.05, 0) is 50.6 Å². The highest BCUT2D eigenvalue weighted by Gasteiger charge is 2.31. The zero-order valence-electron chi connectivity index (χ0n) is 9.97. The highest BCUT2D eigenvalue weighted by molar-refractivity contribution is 4.92. The van der Waals surface area contributed by atoms with Crippen LogP contribution < -0.4 is 11.1 Å². The molecule has 1 fully saturated rings. The summed E-state index contributed by atoms with van der Waals surface area (Å²) in [7, 11) is 0. The van der Waals surface area contributed by atoms with Crippen LogP contribution in [0.25, 0.3) is 0 Å². The second kappa shape index (κ2) is 5.13. The van der Waals surface area contributed by atoms with Crippen molar-refractivity contribution in [2.45, 2.75) is 52.0 Å². The maximum Gasteiger partial charge on any atom is 0.0166 e. The molecule has 1 unspecified atom stereocenters. The number of rotatable bonds is 6. The van der Waals surface area contributed by atoms with Crippen LogP contribution in [0.2, 0.25) is 0 Å². The van der Waals surface area contributed by atoms with Crippen LogP contribution in [-0.4, -0.2) is 18.6 Å². The Morgan fingerprint density at radius 2 is 1.93 bits per heavy atom. The van der Waals surface area contributed by atoms with Gasteiger partial charge in [-0.25, -0.2) is 0 Å². The second-order valence-corrected chi connectivity index (χ2v) is 5.39. The van der Waals surface area contributed by atoms with Crippen LogP contribution in [0.15, 0.2) is 0 Å². The zero-order chi connectivity index (χ0) is 10.6. The molecule has 0 amide bonds. The van der Waals surface area contributed by atoms with Gasteiger partial charge in [0.2, 0.25) is 0 Å². The number of hydrogen-bond donors (Lipinski definition) is 2. The molecule has 1 rings (SSSR count). The Labute approximate surface area is 88.6 Å². The predicted octanol–water partition coefficient (Wildman–Crippen LogP) is 2.14. The van der Waals surface area contributed by atoms with Crippen molar-refractivity contribution in [3.63, 3.8) is 0 Å².